The summed E-state index contributed by atoms with van der Waals surface area (Å²) >= 11 is 14.0. The second kappa shape index (κ2) is 12.8. The predicted octanol–water partition coefficient (Wildman–Crippen LogP) is 3.98. The first-order valence-electron chi connectivity index (χ1n) is 14.1. The van der Waals surface area contributed by atoms with Crippen molar-refractivity contribution in [1.29, 1.82) is 0 Å². The van der Waals surface area contributed by atoms with Gasteiger partial charge in [-0.15, -0.1) is 0 Å². The van der Waals surface area contributed by atoms with Crippen molar-refractivity contribution < 1.29 is 19.1 Å². The summed E-state index contributed by atoms with van der Waals surface area (Å²) < 4.78 is 11.1. The summed E-state index contributed by atoms with van der Waals surface area (Å²) in [4.78, 5) is 32.6. The fourth-order valence-corrected chi connectivity index (χ4v) is 5.76. The molecule has 0 bridgehead atoms. The van der Waals surface area contributed by atoms with Gasteiger partial charge in [-0.25, -0.2) is 9.97 Å². The molecule has 2 amide bonds. The number of rotatable bonds is 11. The minimum Gasteiger partial charge on any atom is -0.481 e. The number of methoxy groups -OCH3 is 2. The van der Waals surface area contributed by atoms with Crippen LogP contribution in [0.15, 0.2) is 60.7 Å². The summed E-state index contributed by atoms with van der Waals surface area (Å²) in [5.41, 5.74) is 5.86. The Balaban J connectivity index is 1.27. The predicted molar refractivity (Wildman–Crippen MR) is 169 cm³/mol. The Bertz CT molecular complexity index is 1620. The molecule has 6 rings (SSSR count). The van der Waals surface area contributed by atoms with E-state index in [1.54, 1.807) is 14.2 Å². The van der Waals surface area contributed by atoms with Gasteiger partial charge in [0, 0.05) is 59.6 Å². The maximum absolute atomic E-state index is 11.6. The maximum Gasteiger partial charge on any atom is 0.239 e. The van der Waals surface area contributed by atoms with Crippen molar-refractivity contribution >= 4 is 35.0 Å². The zero-order valence-corrected chi connectivity index (χ0v) is 25.6. The van der Waals surface area contributed by atoms with E-state index in [2.05, 4.69) is 21.3 Å². The molecule has 2 aromatic heterocycles. The van der Waals surface area contributed by atoms with Crippen LogP contribution in [0.25, 0.3) is 33.6 Å². The van der Waals surface area contributed by atoms with Gasteiger partial charge in [0.15, 0.2) is 0 Å². The Morgan fingerprint density at radius 3 is 1.43 bits per heavy atom. The molecule has 2 aromatic carbocycles. The van der Waals surface area contributed by atoms with Gasteiger partial charge < -0.3 is 30.7 Å². The van der Waals surface area contributed by atoms with Crippen molar-refractivity contribution in [1.82, 2.24) is 31.2 Å². The maximum atomic E-state index is 11.6. The lowest BCUT2D eigenvalue weighted by Crippen LogP contribution is -2.60. The first kappa shape index (κ1) is 29.8. The molecule has 2 fully saturated rings. The smallest absolute Gasteiger partial charge is 0.239 e. The number of pyridine rings is 2. The van der Waals surface area contributed by atoms with Crippen molar-refractivity contribution in [3.63, 3.8) is 0 Å². The molecule has 0 aliphatic carbocycles. The molecule has 10 nitrogen and oxygen atoms in total. The van der Waals surface area contributed by atoms with E-state index in [1.807, 2.05) is 60.7 Å². The highest BCUT2D eigenvalue weighted by Crippen LogP contribution is 2.42. The molecular weight excluding hydrogens is 603 g/mol. The number of ether oxygens (including phenoxy) is 2. The number of halogens is 2. The SMILES string of the molecule is COc1nc(-c2cccc(-c3cccc(-c4ccc(CN[C@H]5CNC5=O)c(OC)n4)c3Cl)c2Cl)ccc1CN[C@H]1CNC1=O. The minimum absolute atomic E-state index is 0.0139. The molecule has 0 spiro atoms. The van der Waals surface area contributed by atoms with Crippen LogP contribution in [-0.4, -0.2) is 61.2 Å². The number of carbonyl (C=O) groups is 2. The number of amides is 2. The molecule has 0 saturated carbocycles. The van der Waals surface area contributed by atoms with Gasteiger partial charge in [-0.2, -0.15) is 0 Å². The molecule has 4 aromatic rings. The van der Waals surface area contributed by atoms with Gasteiger partial charge in [0.1, 0.15) is 12.1 Å². The van der Waals surface area contributed by atoms with Crippen molar-refractivity contribution in [2.75, 3.05) is 27.3 Å². The van der Waals surface area contributed by atoms with Crippen LogP contribution < -0.4 is 30.7 Å². The van der Waals surface area contributed by atoms with Crippen LogP contribution in [0.2, 0.25) is 10.0 Å². The highest BCUT2D eigenvalue weighted by molar-refractivity contribution is 6.39. The average molecular weight is 634 g/mol. The van der Waals surface area contributed by atoms with E-state index in [9.17, 15) is 9.59 Å². The molecule has 226 valence electrons. The van der Waals surface area contributed by atoms with Gasteiger partial charge in [-0.3, -0.25) is 9.59 Å². The third kappa shape index (κ3) is 5.81. The molecule has 2 aliphatic heterocycles. The molecule has 4 N–H and O–H groups in total. The number of aromatic nitrogens is 2. The van der Waals surface area contributed by atoms with Crippen molar-refractivity contribution in [3.8, 4) is 45.4 Å². The standard InChI is InChI=1S/C32H30Cl2N6O4/c1-43-31-17(13-35-25-15-37-29(25)41)9-11-23(39-31)21-7-3-5-19(27(21)33)20-6-4-8-22(28(20)34)24-12-10-18(32(40-24)44-2)14-36-26-16-38-30(26)42/h3-12,25-26,35-36H,13-16H2,1-2H3,(H,37,41)(H,38,42)/t25-,26-/m0/s1. The van der Waals surface area contributed by atoms with E-state index in [1.165, 1.54) is 0 Å². The van der Waals surface area contributed by atoms with E-state index >= 15 is 0 Å². The summed E-state index contributed by atoms with van der Waals surface area (Å²) in [7, 11) is 3.13. The molecule has 4 heterocycles. The highest BCUT2D eigenvalue weighted by Gasteiger charge is 2.28. The lowest BCUT2D eigenvalue weighted by molar-refractivity contribution is -0.129. The van der Waals surface area contributed by atoms with Gasteiger partial charge in [0.05, 0.1) is 35.7 Å². The van der Waals surface area contributed by atoms with E-state index in [0.717, 1.165) is 33.4 Å². The number of carbonyl (C=O) groups excluding carboxylic acids is 2. The lowest BCUT2D eigenvalue weighted by Gasteiger charge is -2.27. The van der Waals surface area contributed by atoms with Crippen LogP contribution in [0, 0.1) is 0 Å². The average Bonchev–Trinajstić information content (AvgIpc) is 3.04. The van der Waals surface area contributed by atoms with Gasteiger partial charge in [0.25, 0.3) is 0 Å². The fourth-order valence-electron chi connectivity index (χ4n) is 5.11. The van der Waals surface area contributed by atoms with Gasteiger partial charge in [-0.05, 0) is 12.1 Å². The first-order chi connectivity index (χ1) is 21.4. The lowest BCUT2D eigenvalue weighted by atomic mass is 9.98. The quantitative estimate of drug-likeness (QED) is 0.183. The van der Waals surface area contributed by atoms with Crippen molar-refractivity contribution in [2.24, 2.45) is 0 Å². The summed E-state index contributed by atoms with van der Waals surface area (Å²) in [5, 5.41) is 12.8. The van der Waals surface area contributed by atoms with E-state index in [0.29, 0.717) is 59.4 Å². The first-order valence-corrected chi connectivity index (χ1v) is 14.8. The number of β-lactam (4-membered cyclic amide) rings is 2. The van der Waals surface area contributed by atoms with Crippen molar-refractivity contribution in [2.45, 2.75) is 25.2 Å². The van der Waals surface area contributed by atoms with Crippen molar-refractivity contribution in [3.05, 3.63) is 81.8 Å². The molecular formula is C32H30Cl2N6O4. The van der Waals surface area contributed by atoms with E-state index in [-0.39, 0.29) is 23.9 Å². The second-order valence-electron chi connectivity index (χ2n) is 10.4. The summed E-state index contributed by atoms with van der Waals surface area (Å²) in [6, 6.07) is 18.6. The van der Waals surface area contributed by atoms with Crippen LogP contribution in [-0.2, 0) is 22.7 Å². The van der Waals surface area contributed by atoms with Crippen LogP contribution >= 0.6 is 23.2 Å². The van der Waals surface area contributed by atoms with Gasteiger partial charge >= 0.3 is 0 Å². The van der Waals surface area contributed by atoms with Crippen LogP contribution in [0.4, 0.5) is 0 Å². The number of hydrogen-bond acceptors (Lipinski definition) is 8. The Morgan fingerprint density at radius 2 is 1.09 bits per heavy atom. The van der Waals surface area contributed by atoms with E-state index in [4.69, 9.17) is 42.6 Å². The number of nitrogens with zero attached hydrogens (tertiary/aromatic N) is 2. The van der Waals surface area contributed by atoms with Gasteiger partial charge in [-0.1, -0.05) is 71.7 Å². The molecule has 0 unspecified atom stereocenters. The highest BCUT2D eigenvalue weighted by atomic mass is 35.5. The van der Waals surface area contributed by atoms with E-state index < -0.39 is 0 Å². The molecule has 2 aliphatic rings. The number of nitrogens with one attached hydrogen (secondary N) is 4. The monoisotopic (exact) mass is 632 g/mol. The topological polar surface area (TPSA) is 126 Å². The number of hydrogen-bond donors (Lipinski definition) is 4. The Labute approximate surface area is 264 Å². The third-order valence-corrected chi connectivity index (χ3v) is 8.59. The van der Waals surface area contributed by atoms with Gasteiger partial charge in [0.2, 0.25) is 23.6 Å². The normalized spacial score (nSPS) is 17.3. The molecule has 2 saturated heterocycles. The summed E-state index contributed by atoms with van der Waals surface area (Å²) in [6.07, 6.45) is 0. The molecule has 12 heteroatoms. The third-order valence-electron chi connectivity index (χ3n) is 7.78. The van der Waals surface area contributed by atoms with Crippen LogP contribution in [0.3, 0.4) is 0 Å². The zero-order valence-electron chi connectivity index (χ0n) is 24.0. The van der Waals surface area contributed by atoms with Crippen LogP contribution in [0.1, 0.15) is 11.1 Å². The second-order valence-corrected chi connectivity index (χ2v) is 11.2. The largest absolute Gasteiger partial charge is 0.481 e. The summed E-state index contributed by atoms with van der Waals surface area (Å²) in [5.74, 6) is 0.872. The number of benzene rings is 2. The summed E-state index contributed by atoms with van der Waals surface area (Å²) in [6.45, 7) is 2.09. The molecule has 44 heavy (non-hydrogen) atoms. The Kier molecular flexibility index (Phi) is 8.67. The molecule has 2 atom stereocenters. The molecule has 0 radical (unpaired) electrons. The van der Waals surface area contributed by atoms with Crippen LogP contribution in [0.5, 0.6) is 11.8 Å². The minimum atomic E-state index is -0.209. The zero-order chi connectivity index (χ0) is 30.8. The fraction of sp³-hybridized carbons (Fsp3) is 0.250. The Hall–Kier alpha value is -4.22. The Morgan fingerprint density at radius 1 is 0.682 bits per heavy atom.